The number of allylic oxidation sites excluding steroid dienone is 1. The molecule has 29 heavy (non-hydrogen) atoms. The van der Waals surface area contributed by atoms with Gasteiger partial charge in [0.1, 0.15) is 6.10 Å². The molecule has 0 amide bonds. The van der Waals surface area contributed by atoms with Gasteiger partial charge < -0.3 is 4.74 Å². The van der Waals surface area contributed by atoms with Gasteiger partial charge in [-0.3, -0.25) is 4.79 Å². The lowest BCUT2D eigenvalue weighted by atomic mass is 9.47. The molecule has 0 aromatic heterocycles. The van der Waals surface area contributed by atoms with E-state index in [1.54, 1.807) is 0 Å². The molecule has 0 aromatic rings. The molecule has 4 aliphatic rings. The van der Waals surface area contributed by atoms with Gasteiger partial charge in [-0.2, -0.15) is 10.5 Å². The number of nitrogens with zero attached hydrogens (tertiary/aromatic N) is 2. The number of ether oxygens (including phenoxy) is 1. The van der Waals surface area contributed by atoms with E-state index < -0.39 is 0 Å². The van der Waals surface area contributed by atoms with Gasteiger partial charge in [-0.15, -0.1) is 0 Å². The molecule has 4 rings (SSSR count). The first-order chi connectivity index (χ1) is 13.8. The van der Waals surface area contributed by atoms with Crippen molar-refractivity contribution in [2.45, 2.75) is 84.7 Å². The van der Waals surface area contributed by atoms with Gasteiger partial charge in [-0.05, 0) is 79.4 Å². The Labute approximate surface area is 175 Å². The summed E-state index contributed by atoms with van der Waals surface area (Å²) in [5.41, 5.74) is 1.96. The summed E-state index contributed by atoms with van der Waals surface area (Å²) in [6.07, 6.45) is 11.7. The topological polar surface area (TPSA) is 73.9 Å². The maximum Gasteiger partial charge on any atom is 0.302 e. The third-order valence-electron chi connectivity index (χ3n) is 9.43. The van der Waals surface area contributed by atoms with Crippen molar-refractivity contribution in [2.75, 3.05) is 0 Å². The summed E-state index contributed by atoms with van der Waals surface area (Å²) in [4.78, 5) is 11.4. The molecule has 0 aromatic carbocycles. The molecule has 0 radical (unpaired) electrons. The summed E-state index contributed by atoms with van der Waals surface area (Å²) < 4.78 is 5.55. The highest BCUT2D eigenvalue weighted by Crippen LogP contribution is 2.67. The Morgan fingerprint density at radius 1 is 1.21 bits per heavy atom. The molecule has 0 saturated heterocycles. The zero-order valence-corrected chi connectivity index (χ0v) is 18.1. The van der Waals surface area contributed by atoms with Crippen LogP contribution in [0.2, 0.25) is 0 Å². The Hall–Kier alpha value is -1.81. The summed E-state index contributed by atoms with van der Waals surface area (Å²) in [6.45, 7) is 6.40. The van der Waals surface area contributed by atoms with E-state index in [2.05, 4.69) is 32.1 Å². The summed E-state index contributed by atoms with van der Waals surface area (Å²) in [5, 5.41) is 18.9. The van der Waals surface area contributed by atoms with Crippen LogP contribution in [0.4, 0.5) is 0 Å². The summed E-state index contributed by atoms with van der Waals surface area (Å²) in [7, 11) is 0. The zero-order valence-electron chi connectivity index (χ0n) is 18.1. The molecule has 4 aliphatic carbocycles. The van der Waals surface area contributed by atoms with E-state index in [0.717, 1.165) is 32.1 Å². The van der Waals surface area contributed by atoms with E-state index in [-0.39, 0.29) is 28.8 Å². The predicted octanol–water partition coefficient (Wildman–Crippen LogP) is 5.55. The summed E-state index contributed by atoms with van der Waals surface area (Å²) in [6, 6.07) is 4.73. The third-order valence-corrected chi connectivity index (χ3v) is 9.43. The molecule has 0 N–H and O–H groups in total. The molecule has 0 bridgehead atoms. The molecule has 3 fully saturated rings. The molecule has 0 heterocycles. The number of rotatable bonds is 3. The molecule has 0 aliphatic heterocycles. The molecule has 3 saturated carbocycles. The quantitative estimate of drug-likeness (QED) is 0.464. The molecule has 4 nitrogen and oxygen atoms in total. The fourth-order valence-corrected chi connectivity index (χ4v) is 8.04. The first kappa shape index (κ1) is 20.5. The Balaban J connectivity index is 1.57. The van der Waals surface area contributed by atoms with Crippen LogP contribution < -0.4 is 0 Å². The van der Waals surface area contributed by atoms with Crippen LogP contribution in [0, 0.1) is 63.1 Å². The molecule has 4 heteroatoms. The van der Waals surface area contributed by atoms with Crippen molar-refractivity contribution >= 4 is 5.97 Å². The number of carbonyl (C=O) groups is 1. The van der Waals surface area contributed by atoms with Crippen molar-refractivity contribution in [3.05, 3.63) is 11.6 Å². The van der Waals surface area contributed by atoms with Crippen LogP contribution in [0.3, 0.4) is 0 Å². The number of fused-ring (bicyclic) bond motifs is 5. The minimum atomic E-state index is -0.164. The minimum absolute atomic E-state index is 0.0514. The zero-order chi connectivity index (χ0) is 20.8. The molecular formula is C25H34N2O2. The highest BCUT2D eigenvalue weighted by molar-refractivity contribution is 5.66. The van der Waals surface area contributed by atoms with E-state index >= 15 is 0 Å². The van der Waals surface area contributed by atoms with Crippen LogP contribution in [0.25, 0.3) is 0 Å². The maximum absolute atomic E-state index is 11.4. The van der Waals surface area contributed by atoms with E-state index in [0.29, 0.717) is 30.1 Å². The van der Waals surface area contributed by atoms with Gasteiger partial charge in [0.2, 0.25) is 0 Å². The molecule has 2 unspecified atom stereocenters. The lowest BCUT2D eigenvalue weighted by Crippen LogP contribution is -2.51. The normalized spacial score (nSPS) is 44.2. The monoisotopic (exact) mass is 394 g/mol. The van der Waals surface area contributed by atoms with E-state index in [1.807, 2.05) is 0 Å². The van der Waals surface area contributed by atoms with Crippen molar-refractivity contribution in [3.8, 4) is 12.1 Å². The van der Waals surface area contributed by atoms with Crippen molar-refractivity contribution in [3.63, 3.8) is 0 Å². The second kappa shape index (κ2) is 7.46. The number of hydrogen-bond donors (Lipinski definition) is 0. The number of hydrogen-bond acceptors (Lipinski definition) is 4. The Kier molecular flexibility index (Phi) is 5.27. The number of carbonyl (C=O) groups excluding carboxylic acids is 1. The maximum atomic E-state index is 11.4. The van der Waals surface area contributed by atoms with Crippen LogP contribution >= 0.6 is 0 Å². The molecule has 8 atom stereocenters. The van der Waals surface area contributed by atoms with Gasteiger partial charge in [0, 0.05) is 13.3 Å². The van der Waals surface area contributed by atoms with Crippen LogP contribution in [0.15, 0.2) is 11.6 Å². The van der Waals surface area contributed by atoms with Crippen LogP contribution in [-0.4, -0.2) is 12.1 Å². The Morgan fingerprint density at radius 2 is 2.00 bits per heavy atom. The average molecular weight is 395 g/mol. The minimum Gasteiger partial charge on any atom is -0.462 e. The van der Waals surface area contributed by atoms with Crippen molar-refractivity contribution in [1.82, 2.24) is 0 Å². The fraction of sp³-hybridized carbons (Fsp3) is 0.800. The Bertz CT molecular complexity index is 790. The lowest BCUT2D eigenvalue weighted by molar-refractivity contribution is -0.148. The number of esters is 1. The average Bonchev–Trinajstić information content (AvgIpc) is 3.03. The highest BCUT2D eigenvalue weighted by Gasteiger charge is 2.59. The van der Waals surface area contributed by atoms with Crippen molar-refractivity contribution < 1.29 is 9.53 Å². The summed E-state index contributed by atoms with van der Waals surface area (Å²) >= 11 is 0. The van der Waals surface area contributed by atoms with Crippen LogP contribution in [0.1, 0.15) is 78.6 Å². The second-order valence-electron chi connectivity index (χ2n) is 10.6. The first-order valence-corrected chi connectivity index (χ1v) is 11.5. The largest absolute Gasteiger partial charge is 0.462 e. The SMILES string of the molecule is CC(=O)O[C@H]1CC[C@@]2(C)C(=CCC3[C@@H]4CC[C@H](C(C#N)CC#N)[C@@]4(C)CC[C@@H]32)C1. The predicted molar refractivity (Wildman–Crippen MR) is 110 cm³/mol. The van der Waals surface area contributed by atoms with Crippen LogP contribution in [0.5, 0.6) is 0 Å². The summed E-state index contributed by atoms with van der Waals surface area (Å²) in [5.74, 6) is 2.16. The van der Waals surface area contributed by atoms with Gasteiger partial charge in [-0.1, -0.05) is 25.5 Å². The van der Waals surface area contributed by atoms with Gasteiger partial charge in [0.05, 0.1) is 24.5 Å². The standard InChI is InChI=1S/C25H34N2O2/c1-16(28)29-19-8-11-24(2)18(14-19)4-5-20-22-7-6-21(17(15-27)10-13-26)25(22,3)12-9-23(20)24/h4,17,19-23H,5-12,14H2,1-3H3/t17?,19-,20?,21+,22-,23-,24-,25+/m0/s1. The first-order valence-electron chi connectivity index (χ1n) is 11.5. The van der Waals surface area contributed by atoms with Gasteiger partial charge in [-0.25, -0.2) is 0 Å². The lowest BCUT2D eigenvalue weighted by Gasteiger charge is -2.58. The van der Waals surface area contributed by atoms with Gasteiger partial charge >= 0.3 is 5.97 Å². The molecule has 0 spiro atoms. The number of nitriles is 2. The fourth-order valence-electron chi connectivity index (χ4n) is 8.04. The van der Waals surface area contributed by atoms with Gasteiger partial charge in [0.15, 0.2) is 0 Å². The third kappa shape index (κ3) is 3.20. The second-order valence-corrected chi connectivity index (χ2v) is 10.6. The van der Waals surface area contributed by atoms with E-state index in [4.69, 9.17) is 4.74 Å². The van der Waals surface area contributed by atoms with Crippen molar-refractivity contribution in [2.24, 2.45) is 40.4 Å². The Morgan fingerprint density at radius 3 is 2.69 bits per heavy atom. The smallest absolute Gasteiger partial charge is 0.302 e. The van der Waals surface area contributed by atoms with Crippen molar-refractivity contribution in [1.29, 1.82) is 10.5 Å². The van der Waals surface area contributed by atoms with E-state index in [1.165, 1.54) is 31.8 Å². The highest BCUT2D eigenvalue weighted by atomic mass is 16.5. The van der Waals surface area contributed by atoms with Gasteiger partial charge in [0.25, 0.3) is 0 Å². The molecular weight excluding hydrogens is 360 g/mol. The van der Waals surface area contributed by atoms with Crippen LogP contribution in [-0.2, 0) is 9.53 Å². The van der Waals surface area contributed by atoms with E-state index in [9.17, 15) is 15.3 Å². The molecule has 156 valence electrons.